The molecule has 2 rings (SSSR count). The smallest absolute Gasteiger partial charge is 0.251 e. The Kier molecular flexibility index (Phi) is 4.59. The molecule has 0 aromatic rings. The van der Waals surface area contributed by atoms with Gasteiger partial charge in [-0.1, -0.05) is 6.92 Å². The minimum Gasteiger partial charge on any atom is -0.372 e. The monoisotopic (exact) mass is 256 g/mol. The zero-order chi connectivity index (χ0) is 13.1. The molecule has 0 aromatic carbocycles. The molecule has 0 aliphatic carbocycles. The summed E-state index contributed by atoms with van der Waals surface area (Å²) in [5, 5.41) is 0. The van der Waals surface area contributed by atoms with E-state index in [4.69, 9.17) is 15.2 Å². The first-order chi connectivity index (χ1) is 8.63. The van der Waals surface area contributed by atoms with Crippen LogP contribution in [-0.4, -0.2) is 54.9 Å². The maximum Gasteiger partial charge on any atom is 0.251 e. The predicted octanol–water partition coefficient (Wildman–Crippen LogP) is 0.519. The number of amides is 1. The Labute approximate surface area is 109 Å². The summed E-state index contributed by atoms with van der Waals surface area (Å²) < 4.78 is 11.4. The fourth-order valence-electron chi connectivity index (χ4n) is 2.71. The Morgan fingerprint density at radius 1 is 1.28 bits per heavy atom. The number of carbonyl (C=O) groups excluding carboxylic acids is 1. The van der Waals surface area contributed by atoms with E-state index in [0.29, 0.717) is 19.6 Å². The molecule has 2 aliphatic rings. The summed E-state index contributed by atoms with van der Waals surface area (Å²) in [5.74, 6) is 0.111. The second-order valence-corrected chi connectivity index (χ2v) is 5.28. The Morgan fingerprint density at radius 3 is 2.67 bits per heavy atom. The summed E-state index contributed by atoms with van der Waals surface area (Å²) in [6.45, 7) is 5.96. The highest BCUT2D eigenvalue weighted by atomic mass is 16.5. The Balaban J connectivity index is 1.92. The number of carbonyl (C=O) groups is 1. The summed E-state index contributed by atoms with van der Waals surface area (Å²) in [5.41, 5.74) is 5.57. The number of hydrogen-bond acceptors (Lipinski definition) is 4. The molecule has 5 nitrogen and oxygen atoms in total. The molecule has 0 saturated carbocycles. The molecular formula is C13H24N2O3. The van der Waals surface area contributed by atoms with Crippen molar-refractivity contribution in [2.24, 2.45) is 5.73 Å². The van der Waals surface area contributed by atoms with E-state index < -0.39 is 0 Å². The summed E-state index contributed by atoms with van der Waals surface area (Å²) in [4.78, 5) is 14.3. The van der Waals surface area contributed by atoms with Crippen molar-refractivity contribution in [3.05, 3.63) is 0 Å². The lowest BCUT2D eigenvalue weighted by atomic mass is 10.1. The normalized spacial score (nSPS) is 36.9. The van der Waals surface area contributed by atoms with Crippen LogP contribution in [0.4, 0.5) is 0 Å². The summed E-state index contributed by atoms with van der Waals surface area (Å²) >= 11 is 0. The van der Waals surface area contributed by atoms with Crippen molar-refractivity contribution >= 4 is 5.91 Å². The van der Waals surface area contributed by atoms with Crippen molar-refractivity contribution in [3.8, 4) is 0 Å². The summed E-state index contributed by atoms with van der Waals surface area (Å²) in [7, 11) is 0. The van der Waals surface area contributed by atoms with E-state index in [9.17, 15) is 4.79 Å². The third-order valence-corrected chi connectivity index (χ3v) is 3.74. The van der Waals surface area contributed by atoms with Crippen LogP contribution in [0.2, 0.25) is 0 Å². The van der Waals surface area contributed by atoms with Crippen LogP contribution in [0.15, 0.2) is 0 Å². The van der Waals surface area contributed by atoms with Crippen LogP contribution in [0.5, 0.6) is 0 Å². The van der Waals surface area contributed by atoms with Gasteiger partial charge < -0.3 is 20.1 Å². The van der Waals surface area contributed by atoms with Crippen molar-refractivity contribution in [1.29, 1.82) is 0 Å². The molecule has 2 heterocycles. The van der Waals surface area contributed by atoms with Gasteiger partial charge in [-0.05, 0) is 26.2 Å². The molecule has 4 atom stereocenters. The molecule has 0 aromatic heterocycles. The Bertz CT molecular complexity index is 298. The second kappa shape index (κ2) is 5.99. The van der Waals surface area contributed by atoms with Crippen LogP contribution in [0.3, 0.4) is 0 Å². The third-order valence-electron chi connectivity index (χ3n) is 3.74. The highest BCUT2D eigenvalue weighted by Crippen LogP contribution is 2.23. The zero-order valence-electron chi connectivity index (χ0n) is 11.3. The van der Waals surface area contributed by atoms with E-state index in [0.717, 1.165) is 19.3 Å². The fourth-order valence-corrected chi connectivity index (χ4v) is 2.71. The zero-order valence-corrected chi connectivity index (χ0v) is 11.3. The lowest BCUT2D eigenvalue weighted by Gasteiger charge is -2.37. The van der Waals surface area contributed by atoms with Gasteiger partial charge in [-0.15, -0.1) is 0 Å². The molecule has 0 radical (unpaired) electrons. The van der Waals surface area contributed by atoms with Gasteiger partial charge in [0.2, 0.25) is 0 Å². The Hall–Kier alpha value is -0.650. The van der Waals surface area contributed by atoms with Crippen molar-refractivity contribution < 1.29 is 14.3 Å². The predicted molar refractivity (Wildman–Crippen MR) is 68.2 cm³/mol. The molecule has 0 bridgehead atoms. The molecule has 2 saturated heterocycles. The SMILES string of the molecule is CCC1CN(C(=O)[C@@H]2CC[C@H](CN)O2)CC(C)O1. The van der Waals surface area contributed by atoms with E-state index in [2.05, 4.69) is 6.92 Å². The minimum absolute atomic E-state index is 0.0550. The first kappa shape index (κ1) is 13.8. The van der Waals surface area contributed by atoms with E-state index in [1.54, 1.807) is 0 Å². The lowest BCUT2D eigenvalue weighted by Crippen LogP contribution is -2.52. The molecule has 1 amide bonds. The molecule has 0 spiro atoms. The molecule has 2 aliphatic heterocycles. The first-order valence-corrected chi connectivity index (χ1v) is 6.93. The Morgan fingerprint density at radius 2 is 2.06 bits per heavy atom. The van der Waals surface area contributed by atoms with Crippen molar-refractivity contribution in [3.63, 3.8) is 0 Å². The van der Waals surface area contributed by atoms with Crippen molar-refractivity contribution in [1.82, 2.24) is 4.90 Å². The van der Waals surface area contributed by atoms with Gasteiger partial charge in [0.25, 0.3) is 5.91 Å². The van der Waals surface area contributed by atoms with Crippen molar-refractivity contribution in [2.75, 3.05) is 19.6 Å². The molecule has 2 fully saturated rings. The fraction of sp³-hybridized carbons (Fsp3) is 0.923. The molecule has 18 heavy (non-hydrogen) atoms. The molecule has 2 unspecified atom stereocenters. The number of ether oxygens (including phenoxy) is 2. The van der Waals surface area contributed by atoms with Crippen LogP contribution >= 0.6 is 0 Å². The summed E-state index contributed by atoms with van der Waals surface area (Å²) in [6.07, 6.45) is 2.66. The van der Waals surface area contributed by atoms with Crippen molar-refractivity contribution in [2.45, 2.75) is 57.5 Å². The van der Waals surface area contributed by atoms with Gasteiger partial charge in [0.05, 0.1) is 18.3 Å². The van der Waals surface area contributed by atoms with E-state index >= 15 is 0 Å². The quantitative estimate of drug-likeness (QED) is 0.799. The lowest BCUT2D eigenvalue weighted by molar-refractivity contribution is -0.155. The number of morpholine rings is 1. The average Bonchev–Trinajstić information content (AvgIpc) is 2.85. The van der Waals surface area contributed by atoms with Crippen LogP contribution < -0.4 is 5.73 Å². The molecule has 5 heteroatoms. The first-order valence-electron chi connectivity index (χ1n) is 6.93. The number of hydrogen-bond donors (Lipinski definition) is 1. The number of nitrogens with zero attached hydrogens (tertiary/aromatic N) is 1. The topological polar surface area (TPSA) is 64.8 Å². The van der Waals surface area contributed by atoms with Gasteiger partial charge in [-0.3, -0.25) is 4.79 Å². The van der Waals surface area contributed by atoms with Crippen LogP contribution in [0.25, 0.3) is 0 Å². The van der Waals surface area contributed by atoms with Crippen LogP contribution in [0.1, 0.15) is 33.1 Å². The van der Waals surface area contributed by atoms with Gasteiger partial charge >= 0.3 is 0 Å². The van der Waals surface area contributed by atoms with E-state index in [1.807, 2.05) is 11.8 Å². The van der Waals surface area contributed by atoms with Gasteiger partial charge in [0, 0.05) is 19.6 Å². The molecular weight excluding hydrogens is 232 g/mol. The highest BCUT2D eigenvalue weighted by Gasteiger charge is 2.36. The van der Waals surface area contributed by atoms with Gasteiger partial charge in [0.1, 0.15) is 6.10 Å². The summed E-state index contributed by atoms with van der Waals surface area (Å²) in [6, 6.07) is 0. The standard InChI is InChI=1S/C13H24N2O3/c1-3-10-8-15(7-9(2)17-10)13(16)12-5-4-11(6-14)18-12/h9-12H,3-8,14H2,1-2H3/t9?,10?,11-,12+/m1/s1. The van der Waals surface area contributed by atoms with E-state index in [1.165, 1.54) is 0 Å². The maximum absolute atomic E-state index is 12.4. The largest absolute Gasteiger partial charge is 0.372 e. The molecule has 2 N–H and O–H groups in total. The minimum atomic E-state index is -0.290. The average molecular weight is 256 g/mol. The second-order valence-electron chi connectivity index (χ2n) is 5.28. The van der Waals surface area contributed by atoms with Crippen LogP contribution in [-0.2, 0) is 14.3 Å². The molecule has 104 valence electrons. The van der Waals surface area contributed by atoms with Crippen LogP contribution in [0, 0.1) is 0 Å². The maximum atomic E-state index is 12.4. The van der Waals surface area contributed by atoms with Gasteiger partial charge in [0.15, 0.2) is 0 Å². The number of rotatable bonds is 3. The third kappa shape index (κ3) is 3.02. The highest BCUT2D eigenvalue weighted by molar-refractivity contribution is 5.81. The van der Waals surface area contributed by atoms with Gasteiger partial charge in [-0.2, -0.15) is 0 Å². The van der Waals surface area contributed by atoms with Gasteiger partial charge in [-0.25, -0.2) is 0 Å². The number of nitrogens with two attached hydrogens (primary N) is 1. The van der Waals surface area contributed by atoms with E-state index in [-0.39, 0.29) is 30.3 Å².